The highest BCUT2D eigenvalue weighted by molar-refractivity contribution is 5.82. The number of nitrogens with zero attached hydrogens (tertiary/aromatic N) is 2. The van der Waals surface area contributed by atoms with Crippen LogP contribution in [0.25, 0.3) is 0 Å². The Morgan fingerprint density at radius 2 is 1.91 bits per heavy atom. The van der Waals surface area contributed by atoms with Crippen molar-refractivity contribution in [1.29, 1.82) is 0 Å². The van der Waals surface area contributed by atoms with Gasteiger partial charge in [0.25, 0.3) is 0 Å². The van der Waals surface area contributed by atoms with Gasteiger partial charge < -0.3 is 10.2 Å². The number of piperidine rings is 1. The lowest BCUT2D eigenvalue weighted by Crippen LogP contribution is -2.64. The molecule has 4 rings (SSSR count). The molecule has 1 aromatic carbocycles. The summed E-state index contributed by atoms with van der Waals surface area (Å²) in [6.45, 7) is 2.30. The first kappa shape index (κ1) is 14.1. The van der Waals surface area contributed by atoms with E-state index in [4.69, 9.17) is 4.99 Å². The summed E-state index contributed by atoms with van der Waals surface area (Å²) in [4.78, 5) is 7.71. The Morgan fingerprint density at radius 3 is 2.73 bits per heavy atom. The third-order valence-electron chi connectivity index (χ3n) is 5.57. The van der Waals surface area contributed by atoms with E-state index in [-0.39, 0.29) is 0 Å². The summed E-state index contributed by atoms with van der Waals surface area (Å²) < 4.78 is 0. The molecule has 2 saturated heterocycles. The fourth-order valence-electron chi connectivity index (χ4n) is 4.54. The molecule has 118 valence electrons. The van der Waals surface area contributed by atoms with Gasteiger partial charge >= 0.3 is 0 Å². The van der Waals surface area contributed by atoms with Crippen LogP contribution in [0.4, 0.5) is 0 Å². The number of rotatable bonds is 3. The molecule has 3 heteroatoms. The zero-order chi connectivity index (χ0) is 14.9. The topological polar surface area (TPSA) is 27.6 Å². The fraction of sp³-hybridized carbons (Fsp3) is 0.632. The Balaban J connectivity index is 1.48. The zero-order valence-electron chi connectivity index (χ0n) is 13.5. The van der Waals surface area contributed by atoms with Gasteiger partial charge in [-0.05, 0) is 57.4 Å². The molecule has 0 saturated carbocycles. The largest absolute Gasteiger partial charge is 0.354 e. The van der Waals surface area contributed by atoms with Gasteiger partial charge in [0.1, 0.15) is 0 Å². The Morgan fingerprint density at radius 1 is 1.14 bits per heavy atom. The van der Waals surface area contributed by atoms with E-state index >= 15 is 0 Å². The molecule has 3 nitrogen and oxygen atoms in total. The van der Waals surface area contributed by atoms with Crippen LogP contribution >= 0.6 is 0 Å². The molecule has 0 aromatic heterocycles. The Hall–Kier alpha value is -1.51. The van der Waals surface area contributed by atoms with Gasteiger partial charge in [-0.15, -0.1) is 0 Å². The molecule has 0 bridgehead atoms. The highest BCUT2D eigenvalue weighted by atomic mass is 15.4. The van der Waals surface area contributed by atoms with E-state index in [2.05, 4.69) is 47.5 Å². The summed E-state index contributed by atoms with van der Waals surface area (Å²) in [5, 5.41) is 3.65. The van der Waals surface area contributed by atoms with Gasteiger partial charge in [-0.2, -0.15) is 0 Å². The van der Waals surface area contributed by atoms with E-state index < -0.39 is 0 Å². The van der Waals surface area contributed by atoms with Crippen LogP contribution in [-0.2, 0) is 6.42 Å². The molecule has 0 radical (unpaired) electrons. The van der Waals surface area contributed by atoms with Crippen LogP contribution in [0.1, 0.15) is 51.0 Å². The number of aliphatic imine (C=N–C) groups is 1. The van der Waals surface area contributed by atoms with Crippen molar-refractivity contribution in [2.75, 3.05) is 0 Å². The Bertz CT molecular complexity index is 539. The quantitative estimate of drug-likeness (QED) is 0.926. The SMILES string of the molecule is C[C@@H]1C[C@@H]2CCC[C@@H]3C[C@H](CCc4ccccc4)N=C(N1)N32. The minimum Gasteiger partial charge on any atom is -0.354 e. The van der Waals surface area contributed by atoms with Crippen molar-refractivity contribution in [3.05, 3.63) is 35.9 Å². The van der Waals surface area contributed by atoms with Crippen LogP contribution in [0.15, 0.2) is 35.3 Å². The first-order chi connectivity index (χ1) is 10.8. The molecule has 4 atom stereocenters. The predicted molar refractivity (Wildman–Crippen MR) is 91.1 cm³/mol. The summed E-state index contributed by atoms with van der Waals surface area (Å²) in [5.74, 6) is 1.21. The van der Waals surface area contributed by atoms with Gasteiger partial charge in [-0.3, -0.25) is 0 Å². The second-order valence-electron chi connectivity index (χ2n) is 7.29. The van der Waals surface area contributed by atoms with Crippen LogP contribution in [0.3, 0.4) is 0 Å². The molecule has 1 aromatic rings. The number of hydrogen-bond acceptors (Lipinski definition) is 3. The second-order valence-corrected chi connectivity index (χ2v) is 7.29. The van der Waals surface area contributed by atoms with Crippen molar-refractivity contribution in [3.63, 3.8) is 0 Å². The van der Waals surface area contributed by atoms with Gasteiger partial charge in [0.05, 0.1) is 6.04 Å². The number of hydrogen-bond donors (Lipinski definition) is 1. The molecule has 3 aliphatic rings. The van der Waals surface area contributed by atoms with Crippen molar-refractivity contribution >= 4 is 5.96 Å². The van der Waals surface area contributed by atoms with E-state index in [0.29, 0.717) is 12.1 Å². The van der Waals surface area contributed by atoms with E-state index in [1.54, 1.807) is 0 Å². The number of aryl methyl sites for hydroxylation is 1. The molecule has 22 heavy (non-hydrogen) atoms. The summed E-state index contributed by atoms with van der Waals surface area (Å²) in [6.07, 6.45) is 8.97. The summed E-state index contributed by atoms with van der Waals surface area (Å²) >= 11 is 0. The standard InChI is InChI=1S/C19H27N3/c1-14-12-17-8-5-9-18-13-16(21-19(20-14)22(17)18)11-10-15-6-3-2-4-7-15/h2-4,6-7,14,16-18H,5,8-13H2,1H3,(H,20,21)/t14-,16+,17+,18-/m1/s1. The molecule has 0 spiro atoms. The maximum absolute atomic E-state index is 5.08. The molecule has 0 unspecified atom stereocenters. The summed E-state index contributed by atoms with van der Waals surface area (Å²) in [6, 6.07) is 13.4. The van der Waals surface area contributed by atoms with Gasteiger partial charge in [-0.25, -0.2) is 4.99 Å². The van der Waals surface area contributed by atoms with Crippen LogP contribution in [0, 0.1) is 0 Å². The van der Waals surface area contributed by atoms with Gasteiger partial charge in [0.15, 0.2) is 5.96 Å². The smallest absolute Gasteiger partial charge is 0.194 e. The lowest BCUT2D eigenvalue weighted by atomic mass is 9.85. The summed E-state index contributed by atoms with van der Waals surface area (Å²) in [7, 11) is 0. The third kappa shape index (κ3) is 2.73. The molecule has 0 aliphatic carbocycles. The molecule has 3 aliphatic heterocycles. The normalized spacial score (nSPS) is 33.7. The highest BCUT2D eigenvalue weighted by Crippen LogP contribution is 2.34. The Labute approximate surface area is 133 Å². The third-order valence-corrected chi connectivity index (χ3v) is 5.57. The van der Waals surface area contributed by atoms with Crippen molar-refractivity contribution in [3.8, 4) is 0 Å². The van der Waals surface area contributed by atoms with Gasteiger partial charge in [0, 0.05) is 18.1 Å². The van der Waals surface area contributed by atoms with Gasteiger partial charge in [0.2, 0.25) is 0 Å². The number of nitrogens with one attached hydrogen (secondary N) is 1. The first-order valence-corrected chi connectivity index (χ1v) is 8.96. The van der Waals surface area contributed by atoms with E-state index in [9.17, 15) is 0 Å². The van der Waals surface area contributed by atoms with Crippen LogP contribution < -0.4 is 5.32 Å². The minimum absolute atomic E-state index is 0.494. The number of benzene rings is 1. The average molecular weight is 297 g/mol. The second kappa shape index (κ2) is 5.94. The van der Waals surface area contributed by atoms with Crippen molar-refractivity contribution in [2.24, 2.45) is 4.99 Å². The van der Waals surface area contributed by atoms with Gasteiger partial charge in [-0.1, -0.05) is 30.3 Å². The molecular weight excluding hydrogens is 270 g/mol. The predicted octanol–water partition coefficient (Wildman–Crippen LogP) is 3.35. The lowest BCUT2D eigenvalue weighted by molar-refractivity contribution is 0.102. The molecule has 0 amide bonds. The van der Waals surface area contributed by atoms with Crippen LogP contribution in [0.2, 0.25) is 0 Å². The maximum Gasteiger partial charge on any atom is 0.194 e. The molecular formula is C19H27N3. The maximum atomic E-state index is 5.08. The molecule has 1 N–H and O–H groups in total. The van der Waals surface area contributed by atoms with Crippen LogP contribution in [-0.4, -0.2) is 35.0 Å². The highest BCUT2D eigenvalue weighted by Gasteiger charge is 2.40. The lowest BCUT2D eigenvalue weighted by Gasteiger charge is -2.52. The van der Waals surface area contributed by atoms with Crippen molar-refractivity contribution in [2.45, 2.75) is 76.0 Å². The monoisotopic (exact) mass is 297 g/mol. The molecule has 2 fully saturated rings. The fourth-order valence-corrected chi connectivity index (χ4v) is 4.54. The Kier molecular flexibility index (Phi) is 3.81. The average Bonchev–Trinajstić information content (AvgIpc) is 2.53. The zero-order valence-corrected chi connectivity index (χ0v) is 13.5. The summed E-state index contributed by atoms with van der Waals surface area (Å²) in [5.41, 5.74) is 1.44. The molecule has 3 heterocycles. The van der Waals surface area contributed by atoms with Crippen molar-refractivity contribution in [1.82, 2.24) is 10.2 Å². The first-order valence-electron chi connectivity index (χ1n) is 8.96. The van der Waals surface area contributed by atoms with Crippen LogP contribution in [0.5, 0.6) is 0 Å². The van der Waals surface area contributed by atoms with E-state index in [1.165, 1.54) is 50.0 Å². The number of guanidine groups is 1. The van der Waals surface area contributed by atoms with E-state index in [0.717, 1.165) is 18.5 Å². The van der Waals surface area contributed by atoms with Crippen molar-refractivity contribution < 1.29 is 0 Å². The van der Waals surface area contributed by atoms with E-state index in [1.807, 2.05) is 0 Å². The minimum atomic E-state index is 0.494.